The molecule has 2 N–H and O–H groups in total. The van der Waals surface area contributed by atoms with Crippen LogP contribution in [0.2, 0.25) is 0 Å². The summed E-state index contributed by atoms with van der Waals surface area (Å²) in [6.45, 7) is 4.70. The second-order valence-corrected chi connectivity index (χ2v) is 4.92. The second-order valence-electron chi connectivity index (χ2n) is 4.92. The number of rotatable bonds is 7. The van der Waals surface area contributed by atoms with E-state index < -0.39 is 0 Å². The van der Waals surface area contributed by atoms with Crippen molar-refractivity contribution < 1.29 is 0 Å². The Balaban J connectivity index is 2.27. The summed E-state index contributed by atoms with van der Waals surface area (Å²) in [4.78, 5) is 20.9. The number of nitrogens with zero attached hydrogens (tertiary/aromatic N) is 8. The third kappa shape index (κ3) is 4.09. The molecule has 0 fully saturated rings. The van der Waals surface area contributed by atoms with Gasteiger partial charge in [-0.05, 0) is 20.5 Å². The predicted molar refractivity (Wildman–Crippen MR) is 80.2 cm³/mol. The van der Waals surface area contributed by atoms with Crippen molar-refractivity contribution >= 4 is 11.9 Å². The van der Waals surface area contributed by atoms with Crippen molar-refractivity contribution in [2.75, 3.05) is 44.4 Å². The van der Waals surface area contributed by atoms with Gasteiger partial charge in [-0.2, -0.15) is 24.7 Å². The molecule has 0 saturated carbocycles. The number of anilines is 2. The zero-order valence-electron chi connectivity index (χ0n) is 12.6. The van der Waals surface area contributed by atoms with Gasteiger partial charge in [0.15, 0.2) is 0 Å². The molecule has 9 heteroatoms. The van der Waals surface area contributed by atoms with Crippen molar-refractivity contribution in [2.24, 2.45) is 0 Å². The number of likely N-dealkylation sites (N-methyl/N-ethyl adjacent to an activating group) is 1. The largest absolute Gasteiger partial charge is 0.368 e. The third-order valence-corrected chi connectivity index (χ3v) is 2.85. The molecule has 0 aliphatic heterocycles. The Morgan fingerprint density at radius 3 is 2.57 bits per heavy atom. The van der Waals surface area contributed by atoms with Crippen LogP contribution in [-0.2, 0) is 0 Å². The summed E-state index contributed by atoms with van der Waals surface area (Å²) in [5.74, 6) is 1.12. The third-order valence-electron chi connectivity index (χ3n) is 2.85. The number of nitrogen functional groups attached to an aromatic ring is 1. The summed E-state index contributed by atoms with van der Waals surface area (Å²) in [6, 6.07) is 0. The van der Waals surface area contributed by atoms with Crippen LogP contribution in [0.4, 0.5) is 11.9 Å². The van der Waals surface area contributed by atoms with Crippen molar-refractivity contribution in [2.45, 2.75) is 13.3 Å². The smallest absolute Gasteiger partial charge is 0.258 e. The molecule has 0 aliphatic carbocycles. The molecule has 2 aromatic rings. The van der Waals surface area contributed by atoms with Gasteiger partial charge in [0.1, 0.15) is 12.7 Å². The van der Waals surface area contributed by atoms with E-state index in [0.29, 0.717) is 11.9 Å². The SMILES string of the molecule is CCCN(CCN(C)C)c1nc(N)nc(-n2cncn2)n1. The molecular weight excluding hydrogens is 270 g/mol. The highest BCUT2D eigenvalue weighted by atomic mass is 15.4. The molecule has 0 atom stereocenters. The molecule has 0 saturated heterocycles. The van der Waals surface area contributed by atoms with Crippen molar-refractivity contribution in [3.05, 3.63) is 12.7 Å². The fourth-order valence-corrected chi connectivity index (χ4v) is 1.83. The molecule has 2 heterocycles. The first-order chi connectivity index (χ1) is 10.1. The van der Waals surface area contributed by atoms with E-state index >= 15 is 0 Å². The van der Waals surface area contributed by atoms with E-state index in [1.807, 2.05) is 14.1 Å². The fraction of sp³-hybridized carbons (Fsp3) is 0.583. The number of hydrogen-bond acceptors (Lipinski definition) is 8. The molecule has 2 rings (SSSR count). The lowest BCUT2D eigenvalue weighted by Gasteiger charge is -2.24. The minimum Gasteiger partial charge on any atom is -0.368 e. The van der Waals surface area contributed by atoms with E-state index in [4.69, 9.17) is 5.73 Å². The van der Waals surface area contributed by atoms with Gasteiger partial charge in [-0.25, -0.2) is 4.98 Å². The molecule has 9 nitrogen and oxygen atoms in total. The first-order valence-electron chi connectivity index (χ1n) is 6.86. The van der Waals surface area contributed by atoms with Gasteiger partial charge in [-0.1, -0.05) is 6.92 Å². The van der Waals surface area contributed by atoms with E-state index in [1.54, 1.807) is 0 Å². The number of nitrogens with two attached hydrogens (primary N) is 1. The Morgan fingerprint density at radius 1 is 1.14 bits per heavy atom. The molecular formula is C12H21N9. The van der Waals surface area contributed by atoms with Crippen LogP contribution in [0.1, 0.15) is 13.3 Å². The first-order valence-corrected chi connectivity index (χ1v) is 6.86. The summed E-state index contributed by atoms with van der Waals surface area (Å²) in [5.41, 5.74) is 5.79. The minimum atomic E-state index is 0.177. The molecule has 0 radical (unpaired) electrons. The summed E-state index contributed by atoms with van der Waals surface area (Å²) < 4.78 is 1.47. The van der Waals surface area contributed by atoms with Crippen LogP contribution in [0, 0.1) is 0 Å². The van der Waals surface area contributed by atoms with E-state index in [0.717, 1.165) is 26.1 Å². The average molecular weight is 291 g/mol. The first kappa shape index (κ1) is 15.1. The van der Waals surface area contributed by atoms with Crippen molar-refractivity contribution in [3.63, 3.8) is 0 Å². The van der Waals surface area contributed by atoms with Crippen LogP contribution in [0.15, 0.2) is 12.7 Å². The van der Waals surface area contributed by atoms with Crippen LogP contribution in [0.5, 0.6) is 0 Å². The highest BCUT2D eigenvalue weighted by Gasteiger charge is 2.13. The highest BCUT2D eigenvalue weighted by molar-refractivity contribution is 5.37. The van der Waals surface area contributed by atoms with Crippen molar-refractivity contribution in [3.8, 4) is 5.95 Å². The fourth-order valence-electron chi connectivity index (χ4n) is 1.83. The topological polar surface area (TPSA) is 102 Å². The Bertz CT molecular complexity index is 552. The Kier molecular flexibility index (Phi) is 4.99. The lowest BCUT2D eigenvalue weighted by Crippen LogP contribution is -2.34. The number of aromatic nitrogens is 6. The quantitative estimate of drug-likeness (QED) is 0.749. The molecule has 0 spiro atoms. The zero-order valence-corrected chi connectivity index (χ0v) is 12.6. The van der Waals surface area contributed by atoms with Crippen LogP contribution in [0.25, 0.3) is 5.95 Å². The molecule has 2 aromatic heterocycles. The summed E-state index contributed by atoms with van der Waals surface area (Å²) in [7, 11) is 4.07. The van der Waals surface area contributed by atoms with Gasteiger partial charge < -0.3 is 15.5 Å². The van der Waals surface area contributed by atoms with Crippen molar-refractivity contribution in [1.82, 2.24) is 34.6 Å². The molecule has 0 bridgehead atoms. The summed E-state index contributed by atoms with van der Waals surface area (Å²) in [6.07, 6.45) is 3.95. The predicted octanol–water partition coefficient (Wildman–Crippen LogP) is -0.187. The monoisotopic (exact) mass is 291 g/mol. The van der Waals surface area contributed by atoms with Crippen LogP contribution in [0.3, 0.4) is 0 Å². The van der Waals surface area contributed by atoms with Gasteiger partial charge in [-0.15, -0.1) is 0 Å². The molecule has 0 aromatic carbocycles. The van der Waals surface area contributed by atoms with Gasteiger partial charge in [0.05, 0.1) is 0 Å². The van der Waals surface area contributed by atoms with E-state index in [1.165, 1.54) is 17.3 Å². The van der Waals surface area contributed by atoms with Crippen LogP contribution < -0.4 is 10.6 Å². The molecule has 0 unspecified atom stereocenters. The van der Waals surface area contributed by atoms with Gasteiger partial charge in [-0.3, -0.25) is 0 Å². The van der Waals surface area contributed by atoms with E-state index in [2.05, 4.69) is 41.8 Å². The summed E-state index contributed by atoms with van der Waals surface area (Å²) >= 11 is 0. The van der Waals surface area contributed by atoms with E-state index in [-0.39, 0.29) is 5.95 Å². The Morgan fingerprint density at radius 2 is 1.95 bits per heavy atom. The van der Waals surface area contributed by atoms with Crippen molar-refractivity contribution in [1.29, 1.82) is 0 Å². The maximum absolute atomic E-state index is 5.79. The maximum atomic E-state index is 5.79. The Labute approximate surface area is 123 Å². The van der Waals surface area contributed by atoms with Crippen LogP contribution in [-0.4, -0.2) is 68.3 Å². The minimum absolute atomic E-state index is 0.177. The van der Waals surface area contributed by atoms with Gasteiger partial charge in [0.2, 0.25) is 11.9 Å². The lowest BCUT2D eigenvalue weighted by atomic mass is 10.4. The molecule has 0 aliphatic rings. The van der Waals surface area contributed by atoms with Crippen LogP contribution >= 0.6 is 0 Å². The maximum Gasteiger partial charge on any atom is 0.258 e. The Hall–Kier alpha value is -2.29. The summed E-state index contributed by atoms with van der Waals surface area (Å²) in [5, 5.41) is 4.02. The standard InChI is InChI=1S/C12H21N9/c1-4-5-20(7-6-19(2)3)11-16-10(13)17-12(18-11)21-9-14-8-15-21/h8-9H,4-7H2,1-3H3,(H2,13,16,17,18). The van der Waals surface area contributed by atoms with E-state index in [9.17, 15) is 0 Å². The normalized spacial score (nSPS) is 11.0. The molecule has 114 valence electrons. The molecule has 21 heavy (non-hydrogen) atoms. The average Bonchev–Trinajstić information content (AvgIpc) is 2.96. The second kappa shape index (κ2) is 6.93. The van der Waals surface area contributed by atoms with Gasteiger partial charge in [0.25, 0.3) is 5.95 Å². The lowest BCUT2D eigenvalue weighted by molar-refractivity contribution is 0.411. The van der Waals surface area contributed by atoms with Gasteiger partial charge in [0, 0.05) is 19.6 Å². The number of hydrogen-bond donors (Lipinski definition) is 1. The molecule has 0 amide bonds. The highest BCUT2D eigenvalue weighted by Crippen LogP contribution is 2.11. The zero-order chi connectivity index (χ0) is 15.2. The van der Waals surface area contributed by atoms with Gasteiger partial charge >= 0.3 is 0 Å².